The Hall–Kier alpha value is -0.315. The third kappa shape index (κ3) is 2.75. The summed E-state index contributed by atoms with van der Waals surface area (Å²) in [6, 6.07) is 8.25. The Morgan fingerprint density at radius 1 is 1.12 bits per heavy atom. The van der Waals surface area contributed by atoms with E-state index in [0.717, 1.165) is 10.8 Å². The molecule has 0 spiro atoms. The highest BCUT2D eigenvalue weighted by Gasteiger charge is 2.50. The lowest BCUT2D eigenvalue weighted by molar-refractivity contribution is 0.00578. The first-order valence-electron chi connectivity index (χ1n) is 5.90. The monoisotopic (exact) mass is 296 g/mol. The van der Waals surface area contributed by atoms with Crippen LogP contribution in [0.1, 0.15) is 33.3 Å². The molecule has 1 aliphatic heterocycles. The Morgan fingerprint density at radius 2 is 1.71 bits per heavy atom. The second-order valence-corrected chi connectivity index (χ2v) is 6.44. The molecule has 4 heteroatoms. The van der Waals surface area contributed by atoms with Gasteiger partial charge in [-0.15, -0.1) is 0 Å². The summed E-state index contributed by atoms with van der Waals surface area (Å²) in [5.41, 5.74) is 0.728. The fourth-order valence-electron chi connectivity index (χ4n) is 1.90. The van der Waals surface area contributed by atoms with Crippen molar-refractivity contribution in [2.45, 2.75) is 45.2 Å². The molecule has 1 aliphatic rings. The van der Waals surface area contributed by atoms with Crippen molar-refractivity contribution in [3.8, 4) is 0 Å². The topological polar surface area (TPSA) is 18.5 Å². The first-order valence-corrected chi connectivity index (χ1v) is 6.69. The summed E-state index contributed by atoms with van der Waals surface area (Å²) < 4.78 is 13.0. The predicted molar refractivity (Wildman–Crippen MR) is 73.9 cm³/mol. The van der Waals surface area contributed by atoms with Gasteiger partial charge >= 0.3 is 7.12 Å². The zero-order valence-corrected chi connectivity index (χ0v) is 12.4. The molecular weight excluding hydrogens is 279 g/mol. The van der Waals surface area contributed by atoms with Crippen molar-refractivity contribution in [3.63, 3.8) is 0 Å². The van der Waals surface area contributed by atoms with E-state index in [1.54, 1.807) is 0 Å². The molecule has 0 aromatic heterocycles. The summed E-state index contributed by atoms with van der Waals surface area (Å²) in [6.45, 7) is 8.31. The normalized spacial score (nSPS) is 21.8. The van der Waals surface area contributed by atoms with Gasteiger partial charge in [0.25, 0.3) is 0 Å². The molecule has 0 saturated carbocycles. The van der Waals surface area contributed by atoms with Crippen LogP contribution in [0.2, 0.25) is 0 Å². The Bertz CT molecular complexity index is 402. The minimum absolute atomic E-state index is 0.158. The maximum Gasteiger partial charge on any atom is 0.462 e. The largest absolute Gasteiger partial charge is 0.462 e. The first kappa shape index (κ1) is 13.1. The van der Waals surface area contributed by atoms with Gasteiger partial charge in [-0.1, -0.05) is 28.1 Å². The van der Waals surface area contributed by atoms with E-state index >= 15 is 0 Å². The molecule has 1 saturated heterocycles. The third-order valence-corrected chi connectivity index (χ3v) is 4.09. The van der Waals surface area contributed by atoms with Crippen LogP contribution in [0, 0.1) is 0 Å². The van der Waals surface area contributed by atoms with Gasteiger partial charge in [-0.05, 0) is 45.4 Å². The van der Waals surface area contributed by atoms with Gasteiger partial charge in [-0.3, -0.25) is 0 Å². The molecule has 0 radical (unpaired) electrons. The van der Waals surface area contributed by atoms with Crippen molar-refractivity contribution < 1.29 is 9.31 Å². The number of hydrogen-bond acceptors (Lipinski definition) is 2. The van der Waals surface area contributed by atoms with Crippen molar-refractivity contribution in [1.29, 1.82) is 0 Å². The fraction of sp³-hybridized carbons (Fsp3) is 0.538. The van der Waals surface area contributed by atoms with Crippen LogP contribution in [0.25, 0.3) is 0 Å². The molecule has 0 N–H and O–H groups in total. The zero-order chi connectivity index (χ0) is 12.7. The Labute approximate surface area is 112 Å². The van der Waals surface area contributed by atoms with Gasteiger partial charge in [0.1, 0.15) is 0 Å². The van der Waals surface area contributed by atoms with Crippen LogP contribution in [0.3, 0.4) is 0 Å². The number of hydrogen-bond donors (Lipinski definition) is 0. The van der Waals surface area contributed by atoms with Crippen molar-refractivity contribution in [1.82, 2.24) is 0 Å². The van der Waals surface area contributed by atoms with Gasteiger partial charge in [0.2, 0.25) is 0 Å². The lowest BCUT2D eigenvalue weighted by Gasteiger charge is -2.32. The molecule has 0 unspecified atom stereocenters. The van der Waals surface area contributed by atoms with Gasteiger partial charge in [-0.25, -0.2) is 0 Å². The van der Waals surface area contributed by atoms with Gasteiger partial charge in [-0.2, -0.15) is 0 Å². The van der Waals surface area contributed by atoms with Crippen LogP contribution in [0.4, 0.5) is 0 Å². The molecule has 2 nitrogen and oxygen atoms in total. The Balaban J connectivity index is 2.08. The van der Waals surface area contributed by atoms with Crippen molar-refractivity contribution in [3.05, 3.63) is 34.3 Å². The van der Waals surface area contributed by atoms with Gasteiger partial charge in [0, 0.05) is 10.8 Å². The highest BCUT2D eigenvalue weighted by atomic mass is 79.9. The highest BCUT2D eigenvalue weighted by Crippen LogP contribution is 2.37. The Kier molecular flexibility index (Phi) is 3.41. The summed E-state index contributed by atoms with van der Waals surface area (Å²) in [5, 5.41) is 0. The highest BCUT2D eigenvalue weighted by molar-refractivity contribution is 9.10. The molecule has 1 fully saturated rings. The summed E-state index contributed by atoms with van der Waals surface area (Å²) in [4.78, 5) is 0. The van der Waals surface area contributed by atoms with E-state index in [2.05, 4.69) is 55.8 Å². The van der Waals surface area contributed by atoms with Crippen molar-refractivity contribution in [2.24, 2.45) is 0 Å². The summed E-state index contributed by atoms with van der Waals surface area (Å²) in [7, 11) is -0.158. The maximum absolute atomic E-state index is 5.97. The SMILES string of the molecule is CC1(C)OB(Cc2cccc(Br)c2)OC1(C)C. The van der Waals surface area contributed by atoms with Crippen LogP contribution in [0.15, 0.2) is 28.7 Å². The maximum atomic E-state index is 5.97. The second kappa shape index (κ2) is 4.41. The molecule has 0 amide bonds. The van der Waals surface area contributed by atoms with E-state index in [1.165, 1.54) is 5.56 Å². The molecule has 0 atom stereocenters. The third-order valence-electron chi connectivity index (χ3n) is 3.59. The quantitative estimate of drug-likeness (QED) is 0.776. The molecule has 1 heterocycles. The summed E-state index contributed by atoms with van der Waals surface area (Å²) in [6.07, 6.45) is 0.784. The van der Waals surface area contributed by atoms with E-state index in [0.29, 0.717) is 0 Å². The van der Waals surface area contributed by atoms with E-state index in [1.807, 2.05) is 12.1 Å². The zero-order valence-electron chi connectivity index (χ0n) is 10.8. The van der Waals surface area contributed by atoms with Crippen LogP contribution in [-0.4, -0.2) is 18.3 Å². The number of halogens is 1. The minimum atomic E-state index is -0.246. The molecule has 0 aliphatic carbocycles. The Morgan fingerprint density at radius 3 is 2.24 bits per heavy atom. The first-order chi connectivity index (χ1) is 7.80. The average Bonchev–Trinajstić information content (AvgIpc) is 2.34. The average molecular weight is 297 g/mol. The van der Waals surface area contributed by atoms with Crippen molar-refractivity contribution >= 4 is 23.0 Å². The molecular formula is C13H18BBrO2. The predicted octanol–water partition coefficient (Wildman–Crippen LogP) is 3.62. The van der Waals surface area contributed by atoms with E-state index in [4.69, 9.17) is 9.31 Å². The fourth-order valence-corrected chi connectivity index (χ4v) is 2.35. The lowest BCUT2D eigenvalue weighted by Crippen LogP contribution is -2.41. The molecule has 0 bridgehead atoms. The van der Waals surface area contributed by atoms with Crippen molar-refractivity contribution in [2.75, 3.05) is 0 Å². The van der Waals surface area contributed by atoms with Gasteiger partial charge in [0.15, 0.2) is 0 Å². The number of benzene rings is 1. The van der Waals surface area contributed by atoms with Crippen LogP contribution >= 0.6 is 15.9 Å². The van der Waals surface area contributed by atoms with Gasteiger partial charge < -0.3 is 9.31 Å². The minimum Gasteiger partial charge on any atom is -0.403 e. The number of rotatable bonds is 2. The van der Waals surface area contributed by atoms with E-state index < -0.39 is 0 Å². The van der Waals surface area contributed by atoms with E-state index in [-0.39, 0.29) is 18.3 Å². The van der Waals surface area contributed by atoms with Gasteiger partial charge in [0.05, 0.1) is 11.2 Å². The summed E-state index contributed by atoms with van der Waals surface area (Å²) >= 11 is 3.47. The standard InChI is InChI=1S/C13H18BBrO2/c1-12(2)13(3,4)17-14(16-12)9-10-6-5-7-11(15)8-10/h5-8H,9H2,1-4H3. The lowest BCUT2D eigenvalue weighted by atomic mass is 9.81. The van der Waals surface area contributed by atoms with Crippen LogP contribution in [0.5, 0.6) is 0 Å². The molecule has 17 heavy (non-hydrogen) atoms. The van der Waals surface area contributed by atoms with Crippen LogP contribution < -0.4 is 0 Å². The molecule has 1 aromatic carbocycles. The second-order valence-electron chi connectivity index (χ2n) is 5.52. The molecule has 92 valence electrons. The smallest absolute Gasteiger partial charge is 0.403 e. The molecule has 2 rings (SSSR count). The summed E-state index contributed by atoms with van der Waals surface area (Å²) in [5.74, 6) is 0. The molecule has 1 aromatic rings. The van der Waals surface area contributed by atoms with E-state index in [9.17, 15) is 0 Å². The van der Waals surface area contributed by atoms with Crippen LogP contribution in [-0.2, 0) is 15.6 Å².